The number of benzene rings is 2. The van der Waals surface area contributed by atoms with Gasteiger partial charge in [-0.15, -0.1) is 5.10 Å². The third-order valence-corrected chi connectivity index (χ3v) is 5.63. The van der Waals surface area contributed by atoms with Crippen molar-refractivity contribution in [2.75, 3.05) is 10.6 Å². The van der Waals surface area contributed by atoms with Crippen LogP contribution in [0.1, 0.15) is 42.6 Å². The Labute approximate surface area is 173 Å². The fourth-order valence-corrected chi connectivity index (χ4v) is 3.52. The summed E-state index contributed by atoms with van der Waals surface area (Å²) in [7, 11) is 0. The molecule has 2 amide bonds. The van der Waals surface area contributed by atoms with Gasteiger partial charge < -0.3 is 10.6 Å². The zero-order valence-corrected chi connectivity index (χ0v) is 16.6. The number of aromatic nitrogens is 4. The third-order valence-electron chi connectivity index (χ3n) is 5.63. The summed E-state index contributed by atoms with van der Waals surface area (Å²) >= 11 is 0. The van der Waals surface area contributed by atoms with Gasteiger partial charge in [-0.2, -0.15) is 0 Å². The molecule has 2 atom stereocenters. The lowest BCUT2D eigenvalue weighted by Gasteiger charge is -2.09. The Morgan fingerprint density at radius 2 is 1.80 bits per heavy atom. The molecular formula is C22H22N6O2. The number of carbonyl (C=O) groups excluding carboxylic acids is 2. The maximum absolute atomic E-state index is 12.6. The van der Waals surface area contributed by atoms with Crippen molar-refractivity contribution >= 4 is 23.2 Å². The molecule has 2 fully saturated rings. The maximum Gasteiger partial charge on any atom is 0.255 e. The van der Waals surface area contributed by atoms with E-state index in [9.17, 15) is 9.59 Å². The van der Waals surface area contributed by atoms with Gasteiger partial charge in [-0.3, -0.25) is 9.59 Å². The Morgan fingerprint density at radius 1 is 1.03 bits per heavy atom. The minimum atomic E-state index is -0.220. The van der Waals surface area contributed by atoms with Gasteiger partial charge in [0.25, 0.3) is 5.91 Å². The first-order valence-corrected chi connectivity index (χ1v) is 10.2. The molecule has 0 bridgehead atoms. The molecule has 2 N–H and O–H groups in total. The van der Waals surface area contributed by atoms with Crippen molar-refractivity contribution in [2.45, 2.75) is 32.2 Å². The van der Waals surface area contributed by atoms with E-state index in [0.29, 0.717) is 34.7 Å². The Balaban J connectivity index is 1.26. The van der Waals surface area contributed by atoms with Gasteiger partial charge in [-0.05, 0) is 72.0 Å². The maximum atomic E-state index is 12.6. The van der Waals surface area contributed by atoms with Gasteiger partial charge in [0.2, 0.25) is 5.91 Å². The summed E-state index contributed by atoms with van der Waals surface area (Å²) < 4.78 is 1.84. The van der Waals surface area contributed by atoms with Crippen LogP contribution in [0.4, 0.5) is 11.4 Å². The van der Waals surface area contributed by atoms with E-state index >= 15 is 0 Å². The Hall–Kier alpha value is -3.55. The number of amides is 2. The van der Waals surface area contributed by atoms with Gasteiger partial charge in [-0.25, -0.2) is 4.68 Å². The highest BCUT2D eigenvalue weighted by molar-refractivity contribution is 6.05. The smallest absolute Gasteiger partial charge is 0.255 e. The molecule has 0 aliphatic heterocycles. The molecule has 152 valence electrons. The molecule has 0 saturated heterocycles. The predicted molar refractivity (Wildman–Crippen MR) is 112 cm³/mol. The van der Waals surface area contributed by atoms with Crippen molar-refractivity contribution in [3.05, 3.63) is 54.1 Å². The number of nitrogens with zero attached hydrogens (tertiary/aromatic N) is 4. The number of anilines is 2. The van der Waals surface area contributed by atoms with Gasteiger partial charge >= 0.3 is 0 Å². The monoisotopic (exact) mass is 402 g/mol. The van der Waals surface area contributed by atoms with Gasteiger partial charge in [0.1, 0.15) is 0 Å². The Morgan fingerprint density at radius 3 is 2.50 bits per heavy atom. The number of tetrazole rings is 1. The van der Waals surface area contributed by atoms with Crippen molar-refractivity contribution < 1.29 is 9.59 Å². The van der Waals surface area contributed by atoms with Crippen LogP contribution in [0.3, 0.4) is 0 Å². The summed E-state index contributed by atoms with van der Waals surface area (Å²) in [5, 5.41) is 17.8. The summed E-state index contributed by atoms with van der Waals surface area (Å²) in [6.07, 6.45) is 3.12. The fourth-order valence-electron chi connectivity index (χ4n) is 3.52. The summed E-state index contributed by atoms with van der Waals surface area (Å²) in [5.74, 6) is 1.10. The van der Waals surface area contributed by atoms with E-state index in [2.05, 4.69) is 33.1 Å². The van der Waals surface area contributed by atoms with E-state index in [-0.39, 0.29) is 17.7 Å². The molecule has 2 aromatic carbocycles. The van der Waals surface area contributed by atoms with Crippen molar-refractivity contribution in [3.8, 4) is 11.4 Å². The average molecular weight is 402 g/mol. The van der Waals surface area contributed by atoms with Crippen molar-refractivity contribution in [1.29, 1.82) is 0 Å². The highest BCUT2D eigenvalue weighted by atomic mass is 16.2. The number of carbonyl (C=O) groups is 2. The van der Waals surface area contributed by atoms with E-state index in [1.807, 2.05) is 28.9 Å². The standard InChI is InChI=1S/C22H22N6O2/c1-13-11-19(13)22(30)23-16-7-5-14(6-8-16)21(29)24-17-4-2-3-15(12-17)20-25-26-27-28(20)18-9-10-18/h2-8,12-13,18-19H,9-11H2,1H3,(H,23,30)(H,24,29). The second kappa shape index (κ2) is 7.37. The van der Waals surface area contributed by atoms with Crippen LogP contribution in [-0.4, -0.2) is 32.0 Å². The summed E-state index contributed by atoms with van der Waals surface area (Å²) in [5.41, 5.74) is 2.74. The minimum Gasteiger partial charge on any atom is -0.326 e. The zero-order chi connectivity index (χ0) is 20.7. The van der Waals surface area contributed by atoms with E-state index in [1.54, 1.807) is 24.3 Å². The summed E-state index contributed by atoms with van der Waals surface area (Å²) in [4.78, 5) is 24.7. The second-order valence-electron chi connectivity index (χ2n) is 8.10. The van der Waals surface area contributed by atoms with Gasteiger partial charge in [0, 0.05) is 28.4 Å². The van der Waals surface area contributed by atoms with Crippen LogP contribution < -0.4 is 10.6 Å². The topological polar surface area (TPSA) is 102 Å². The average Bonchev–Trinajstić information content (AvgIpc) is 3.67. The van der Waals surface area contributed by atoms with Gasteiger partial charge in [0.05, 0.1) is 6.04 Å². The van der Waals surface area contributed by atoms with E-state index in [4.69, 9.17) is 0 Å². The van der Waals surface area contributed by atoms with Crippen LogP contribution in [0.5, 0.6) is 0 Å². The van der Waals surface area contributed by atoms with Crippen LogP contribution in [0, 0.1) is 11.8 Å². The molecule has 0 spiro atoms. The third kappa shape index (κ3) is 3.80. The molecule has 0 radical (unpaired) electrons. The van der Waals surface area contributed by atoms with Crippen molar-refractivity contribution in [1.82, 2.24) is 20.2 Å². The highest BCUT2D eigenvalue weighted by Gasteiger charge is 2.39. The first-order chi connectivity index (χ1) is 14.6. The molecule has 1 aromatic heterocycles. The molecule has 30 heavy (non-hydrogen) atoms. The van der Waals surface area contributed by atoms with E-state index in [1.165, 1.54) is 0 Å². The molecule has 5 rings (SSSR count). The molecule has 1 heterocycles. The minimum absolute atomic E-state index is 0.0463. The molecule has 3 aromatic rings. The lowest BCUT2D eigenvalue weighted by atomic mass is 10.1. The number of nitrogens with one attached hydrogen (secondary N) is 2. The van der Waals surface area contributed by atoms with E-state index in [0.717, 1.165) is 24.8 Å². The Bertz CT molecular complexity index is 1100. The fraction of sp³-hybridized carbons (Fsp3) is 0.318. The predicted octanol–water partition coefficient (Wildman–Crippen LogP) is 3.52. The Kier molecular flexibility index (Phi) is 4.54. The second-order valence-corrected chi connectivity index (χ2v) is 8.10. The quantitative estimate of drug-likeness (QED) is 0.657. The molecule has 8 nitrogen and oxygen atoms in total. The first kappa shape index (κ1) is 18.5. The highest BCUT2D eigenvalue weighted by Crippen LogP contribution is 2.38. The van der Waals surface area contributed by atoms with Crippen LogP contribution in [0.2, 0.25) is 0 Å². The van der Waals surface area contributed by atoms with Crippen molar-refractivity contribution in [3.63, 3.8) is 0 Å². The first-order valence-electron chi connectivity index (χ1n) is 10.2. The molecular weight excluding hydrogens is 380 g/mol. The lowest BCUT2D eigenvalue weighted by Crippen LogP contribution is -2.15. The normalized spacial score (nSPS) is 19.9. The molecule has 2 unspecified atom stereocenters. The van der Waals surface area contributed by atoms with Gasteiger partial charge in [0.15, 0.2) is 5.82 Å². The molecule has 2 aliphatic rings. The molecule has 8 heteroatoms. The van der Waals surface area contributed by atoms with Crippen LogP contribution in [0.25, 0.3) is 11.4 Å². The van der Waals surface area contributed by atoms with E-state index < -0.39 is 0 Å². The van der Waals surface area contributed by atoms with Crippen LogP contribution >= 0.6 is 0 Å². The molecule has 2 aliphatic carbocycles. The molecule has 2 saturated carbocycles. The van der Waals surface area contributed by atoms with Crippen LogP contribution in [-0.2, 0) is 4.79 Å². The number of hydrogen-bond acceptors (Lipinski definition) is 5. The number of hydrogen-bond donors (Lipinski definition) is 2. The zero-order valence-electron chi connectivity index (χ0n) is 16.6. The number of rotatable bonds is 6. The van der Waals surface area contributed by atoms with Crippen LogP contribution in [0.15, 0.2) is 48.5 Å². The largest absolute Gasteiger partial charge is 0.326 e. The SMILES string of the molecule is CC1CC1C(=O)Nc1ccc(C(=O)Nc2cccc(-c3nnnn3C3CC3)c2)cc1. The summed E-state index contributed by atoms with van der Waals surface area (Å²) in [6, 6.07) is 14.8. The van der Waals surface area contributed by atoms with Gasteiger partial charge in [-0.1, -0.05) is 19.1 Å². The summed E-state index contributed by atoms with van der Waals surface area (Å²) in [6.45, 7) is 2.07. The lowest BCUT2D eigenvalue weighted by molar-refractivity contribution is -0.117. The van der Waals surface area contributed by atoms with Crippen molar-refractivity contribution in [2.24, 2.45) is 11.8 Å².